The number of aryl methyl sites for hydroxylation is 2. The predicted molar refractivity (Wildman–Crippen MR) is 114 cm³/mol. The summed E-state index contributed by atoms with van der Waals surface area (Å²) in [5.41, 5.74) is 4.41. The van der Waals surface area contributed by atoms with E-state index in [1.807, 2.05) is 38.1 Å². The first-order valence-electron chi connectivity index (χ1n) is 9.69. The average Bonchev–Trinajstić information content (AvgIpc) is 3.01. The van der Waals surface area contributed by atoms with Crippen molar-refractivity contribution in [2.75, 3.05) is 19.0 Å². The zero-order chi connectivity index (χ0) is 22.5. The molecule has 0 radical (unpaired) electrons. The van der Waals surface area contributed by atoms with E-state index in [9.17, 15) is 14.0 Å². The number of esters is 1. The number of hydrogen-bond donors (Lipinski definition) is 1. The van der Waals surface area contributed by atoms with E-state index in [1.165, 1.54) is 19.2 Å². The molecule has 162 valence electrons. The molecule has 1 amide bonds. The molecule has 3 aromatic rings. The van der Waals surface area contributed by atoms with E-state index < -0.39 is 24.3 Å². The Labute approximate surface area is 179 Å². The summed E-state index contributed by atoms with van der Waals surface area (Å²) in [7, 11) is 1.36. The SMILES string of the molecule is COc1ccc(CC(=O)OCC(=O)Nc2c(C)nn(-c3ccc(C)cc3)c2C)cc1F. The van der Waals surface area contributed by atoms with E-state index in [0.29, 0.717) is 16.9 Å². The van der Waals surface area contributed by atoms with E-state index in [0.717, 1.165) is 16.9 Å². The van der Waals surface area contributed by atoms with Crippen LogP contribution in [-0.2, 0) is 20.7 Å². The van der Waals surface area contributed by atoms with Gasteiger partial charge in [-0.3, -0.25) is 9.59 Å². The number of amides is 1. The zero-order valence-electron chi connectivity index (χ0n) is 17.9. The van der Waals surface area contributed by atoms with Crippen LogP contribution in [0.15, 0.2) is 42.5 Å². The first-order valence-corrected chi connectivity index (χ1v) is 9.69. The maximum Gasteiger partial charge on any atom is 0.310 e. The molecular weight excluding hydrogens is 401 g/mol. The Balaban J connectivity index is 1.59. The van der Waals surface area contributed by atoms with Crippen molar-refractivity contribution in [1.82, 2.24) is 9.78 Å². The smallest absolute Gasteiger partial charge is 0.310 e. The Kier molecular flexibility index (Phi) is 6.69. The molecule has 0 aliphatic carbocycles. The fourth-order valence-electron chi connectivity index (χ4n) is 3.12. The van der Waals surface area contributed by atoms with Crippen LogP contribution in [0.25, 0.3) is 5.69 Å². The van der Waals surface area contributed by atoms with Crippen LogP contribution in [0, 0.1) is 26.6 Å². The van der Waals surface area contributed by atoms with Crippen molar-refractivity contribution in [1.29, 1.82) is 0 Å². The average molecular weight is 425 g/mol. The molecule has 1 N–H and O–H groups in total. The normalized spacial score (nSPS) is 10.6. The summed E-state index contributed by atoms with van der Waals surface area (Å²) < 4.78 is 25.3. The molecule has 0 aliphatic rings. The van der Waals surface area contributed by atoms with E-state index in [-0.39, 0.29) is 12.2 Å². The third kappa shape index (κ3) is 5.28. The molecule has 7 nitrogen and oxygen atoms in total. The van der Waals surface area contributed by atoms with Crippen molar-refractivity contribution in [3.63, 3.8) is 0 Å². The Hall–Kier alpha value is -3.68. The first-order chi connectivity index (χ1) is 14.8. The van der Waals surface area contributed by atoms with Gasteiger partial charge >= 0.3 is 5.97 Å². The standard InChI is InChI=1S/C23H24FN3O4/c1-14-5-8-18(9-6-14)27-16(3)23(15(2)26-27)25-21(28)13-31-22(29)12-17-7-10-20(30-4)19(24)11-17/h5-11H,12-13H2,1-4H3,(H,25,28). The minimum absolute atomic E-state index is 0.0911. The number of benzene rings is 2. The molecule has 8 heteroatoms. The lowest BCUT2D eigenvalue weighted by Gasteiger charge is -2.09. The highest BCUT2D eigenvalue weighted by Gasteiger charge is 2.17. The number of methoxy groups -OCH3 is 1. The molecule has 0 atom stereocenters. The lowest BCUT2D eigenvalue weighted by Crippen LogP contribution is -2.22. The topological polar surface area (TPSA) is 82.4 Å². The van der Waals surface area contributed by atoms with Gasteiger partial charge in [0.05, 0.1) is 36.3 Å². The number of ether oxygens (including phenoxy) is 2. The van der Waals surface area contributed by atoms with Crippen molar-refractivity contribution >= 4 is 17.6 Å². The van der Waals surface area contributed by atoms with Crippen LogP contribution in [0.2, 0.25) is 0 Å². The van der Waals surface area contributed by atoms with E-state index >= 15 is 0 Å². The molecule has 0 saturated heterocycles. The number of nitrogens with one attached hydrogen (secondary N) is 1. The Morgan fingerprint density at radius 3 is 2.45 bits per heavy atom. The summed E-state index contributed by atoms with van der Waals surface area (Å²) in [6.07, 6.45) is -0.155. The van der Waals surface area contributed by atoms with Crippen molar-refractivity contribution in [3.05, 3.63) is 70.8 Å². The summed E-state index contributed by atoms with van der Waals surface area (Å²) in [6.45, 7) is 5.19. The van der Waals surface area contributed by atoms with Gasteiger partial charge in [0.2, 0.25) is 0 Å². The van der Waals surface area contributed by atoms with Crippen LogP contribution in [0.4, 0.5) is 10.1 Å². The quantitative estimate of drug-likeness (QED) is 0.584. The molecule has 2 aromatic carbocycles. The van der Waals surface area contributed by atoms with Gasteiger partial charge in [-0.2, -0.15) is 5.10 Å². The van der Waals surface area contributed by atoms with Gasteiger partial charge in [-0.25, -0.2) is 9.07 Å². The molecule has 0 fully saturated rings. The molecule has 1 heterocycles. The number of anilines is 1. The molecular formula is C23H24FN3O4. The second-order valence-electron chi connectivity index (χ2n) is 7.15. The summed E-state index contributed by atoms with van der Waals surface area (Å²) in [6, 6.07) is 12.1. The Bertz CT molecular complexity index is 1110. The van der Waals surface area contributed by atoms with Crippen molar-refractivity contribution in [2.24, 2.45) is 0 Å². The third-order valence-corrected chi connectivity index (χ3v) is 4.76. The highest BCUT2D eigenvalue weighted by atomic mass is 19.1. The van der Waals surface area contributed by atoms with Gasteiger partial charge in [-0.1, -0.05) is 23.8 Å². The van der Waals surface area contributed by atoms with Crippen molar-refractivity contribution < 1.29 is 23.5 Å². The van der Waals surface area contributed by atoms with E-state index in [2.05, 4.69) is 10.4 Å². The minimum Gasteiger partial charge on any atom is -0.494 e. The van der Waals surface area contributed by atoms with Gasteiger partial charge < -0.3 is 14.8 Å². The highest BCUT2D eigenvalue weighted by Crippen LogP contribution is 2.23. The number of carbonyl (C=O) groups excluding carboxylic acids is 2. The summed E-state index contributed by atoms with van der Waals surface area (Å²) in [4.78, 5) is 24.3. The highest BCUT2D eigenvalue weighted by molar-refractivity contribution is 5.94. The maximum absolute atomic E-state index is 13.7. The van der Waals surface area contributed by atoms with Crippen LogP contribution < -0.4 is 10.1 Å². The van der Waals surface area contributed by atoms with Gasteiger partial charge in [-0.05, 0) is 50.6 Å². The Morgan fingerprint density at radius 1 is 1.10 bits per heavy atom. The van der Waals surface area contributed by atoms with Crippen LogP contribution in [0.5, 0.6) is 5.75 Å². The number of rotatable bonds is 7. The lowest BCUT2D eigenvalue weighted by atomic mass is 10.1. The minimum atomic E-state index is -0.636. The number of carbonyl (C=O) groups is 2. The van der Waals surface area contributed by atoms with Gasteiger partial charge in [-0.15, -0.1) is 0 Å². The van der Waals surface area contributed by atoms with Gasteiger partial charge in [0.15, 0.2) is 18.2 Å². The maximum atomic E-state index is 13.7. The van der Waals surface area contributed by atoms with Crippen LogP contribution in [-0.4, -0.2) is 35.4 Å². The fourth-order valence-corrected chi connectivity index (χ4v) is 3.12. The number of hydrogen-bond acceptors (Lipinski definition) is 5. The summed E-state index contributed by atoms with van der Waals surface area (Å²) in [5.74, 6) is -1.59. The summed E-state index contributed by atoms with van der Waals surface area (Å²) >= 11 is 0. The molecule has 0 saturated carbocycles. The largest absolute Gasteiger partial charge is 0.494 e. The molecule has 1 aromatic heterocycles. The number of nitrogens with zero attached hydrogens (tertiary/aromatic N) is 2. The van der Waals surface area contributed by atoms with Gasteiger partial charge in [0, 0.05) is 0 Å². The summed E-state index contributed by atoms with van der Waals surface area (Å²) in [5, 5.41) is 7.23. The molecule has 0 aliphatic heterocycles. The van der Waals surface area contributed by atoms with E-state index in [4.69, 9.17) is 9.47 Å². The number of aromatic nitrogens is 2. The second kappa shape index (κ2) is 9.42. The Morgan fingerprint density at radius 2 is 1.81 bits per heavy atom. The fraction of sp³-hybridized carbons (Fsp3) is 0.261. The first kappa shape index (κ1) is 22.0. The van der Waals surface area contributed by atoms with Crippen LogP contribution >= 0.6 is 0 Å². The van der Waals surface area contributed by atoms with Crippen LogP contribution in [0.1, 0.15) is 22.5 Å². The van der Waals surface area contributed by atoms with Crippen molar-refractivity contribution in [3.8, 4) is 11.4 Å². The van der Waals surface area contributed by atoms with E-state index in [1.54, 1.807) is 17.7 Å². The zero-order valence-corrected chi connectivity index (χ0v) is 17.9. The molecule has 0 unspecified atom stereocenters. The van der Waals surface area contributed by atoms with Crippen LogP contribution in [0.3, 0.4) is 0 Å². The number of halogens is 1. The lowest BCUT2D eigenvalue weighted by molar-refractivity contribution is -0.146. The van der Waals surface area contributed by atoms with Gasteiger partial charge in [0.1, 0.15) is 0 Å². The molecule has 0 spiro atoms. The predicted octanol–water partition coefficient (Wildman–Crippen LogP) is 3.67. The monoisotopic (exact) mass is 425 g/mol. The second-order valence-corrected chi connectivity index (χ2v) is 7.15. The molecule has 0 bridgehead atoms. The van der Waals surface area contributed by atoms with Gasteiger partial charge in [0.25, 0.3) is 5.91 Å². The molecule has 31 heavy (non-hydrogen) atoms. The van der Waals surface area contributed by atoms with Crippen molar-refractivity contribution in [2.45, 2.75) is 27.2 Å². The molecule has 3 rings (SSSR count). The third-order valence-electron chi connectivity index (χ3n) is 4.76.